The van der Waals surface area contributed by atoms with Crippen LogP contribution in [0.1, 0.15) is 18.9 Å². The maximum atomic E-state index is 12.2. The molecule has 7 heteroatoms. The summed E-state index contributed by atoms with van der Waals surface area (Å²) < 4.78 is 2.09. The summed E-state index contributed by atoms with van der Waals surface area (Å²) in [5, 5.41) is 14.3. The molecule has 1 N–H and O–H groups in total. The Morgan fingerprint density at radius 3 is 2.72 bits per heavy atom. The van der Waals surface area contributed by atoms with Crippen molar-refractivity contribution in [2.75, 3.05) is 11.1 Å². The van der Waals surface area contributed by atoms with Gasteiger partial charge in [-0.15, -0.1) is 21.5 Å². The number of amides is 1. The van der Waals surface area contributed by atoms with Gasteiger partial charge >= 0.3 is 0 Å². The maximum absolute atomic E-state index is 12.2. The third-order valence-electron chi connectivity index (χ3n) is 3.57. The number of hydrogen-bond acceptors (Lipinski definition) is 5. The predicted molar refractivity (Wildman–Crippen MR) is 104 cm³/mol. The van der Waals surface area contributed by atoms with Crippen molar-refractivity contribution in [1.82, 2.24) is 14.8 Å². The number of thiophene rings is 1. The van der Waals surface area contributed by atoms with Gasteiger partial charge in [0.1, 0.15) is 0 Å². The first kappa shape index (κ1) is 17.7. The van der Waals surface area contributed by atoms with E-state index >= 15 is 0 Å². The minimum absolute atomic E-state index is 0.0439. The van der Waals surface area contributed by atoms with Gasteiger partial charge in [-0.25, -0.2) is 0 Å². The number of rotatable bonds is 7. The smallest absolute Gasteiger partial charge is 0.234 e. The summed E-state index contributed by atoms with van der Waals surface area (Å²) in [4.78, 5) is 13.3. The molecule has 0 unspecified atom stereocenters. The molecule has 0 aliphatic rings. The van der Waals surface area contributed by atoms with Gasteiger partial charge in [-0.1, -0.05) is 42.4 Å². The molecule has 0 saturated carbocycles. The summed E-state index contributed by atoms with van der Waals surface area (Å²) in [6, 6.07) is 11.8. The molecule has 0 fully saturated rings. The van der Waals surface area contributed by atoms with Gasteiger partial charge in [-0.05, 0) is 36.9 Å². The standard InChI is InChI=1S/C18H20N4OS2/c1-3-10-22-17(15-5-4-11-24-15)20-21-18(22)25-12-16(23)19-14-8-6-13(2)7-9-14/h4-9,11H,3,10,12H2,1-2H3,(H,19,23). The predicted octanol–water partition coefficient (Wildman–Crippen LogP) is 4.46. The topological polar surface area (TPSA) is 59.8 Å². The summed E-state index contributed by atoms with van der Waals surface area (Å²) in [6.45, 7) is 4.98. The minimum Gasteiger partial charge on any atom is -0.325 e. The Morgan fingerprint density at radius 1 is 1.24 bits per heavy atom. The number of anilines is 1. The molecule has 5 nitrogen and oxygen atoms in total. The minimum atomic E-state index is -0.0439. The first-order valence-corrected chi connectivity index (χ1v) is 10.0. The second-order valence-electron chi connectivity index (χ2n) is 5.64. The van der Waals surface area contributed by atoms with E-state index in [1.54, 1.807) is 11.3 Å². The molecule has 3 aromatic rings. The third kappa shape index (κ3) is 4.49. The lowest BCUT2D eigenvalue weighted by Crippen LogP contribution is -2.14. The van der Waals surface area contributed by atoms with Crippen LogP contribution in [-0.4, -0.2) is 26.4 Å². The quantitative estimate of drug-likeness (QED) is 0.622. The number of hydrogen-bond donors (Lipinski definition) is 1. The first-order chi connectivity index (χ1) is 12.2. The van der Waals surface area contributed by atoms with E-state index in [0.29, 0.717) is 5.75 Å². The first-order valence-electron chi connectivity index (χ1n) is 8.13. The SMILES string of the molecule is CCCn1c(SCC(=O)Nc2ccc(C)cc2)nnc1-c1cccs1. The van der Waals surface area contributed by atoms with Crippen molar-refractivity contribution in [3.8, 4) is 10.7 Å². The van der Waals surface area contributed by atoms with E-state index in [1.807, 2.05) is 48.7 Å². The van der Waals surface area contributed by atoms with Gasteiger partial charge in [0, 0.05) is 12.2 Å². The highest BCUT2D eigenvalue weighted by Gasteiger charge is 2.15. The Balaban J connectivity index is 1.66. The van der Waals surface area contributed by atoms with Gasteiger partial charge in [-0.2, -0.15) is 0 Å². The molecule has 2 aromatic heterocycles. The van der Waals surface area contributed by atoms with E-state index in [1.165, 1.54) is 17.3 Å². The largest absolute Gasteiger partial charge is 0.325 e. The maximum Gasteiger partial charge on any atom is 0.234 e. The molecule has 3 rings (SSSR count). The van der Waals surface area contributed by atoms with E-state index < -0.39 is 0 Å². The lowest BCUT2D eigenvalue weighted by Gasteiger charge is -2.08. The van der Waals surface area contributed by atoms with E-state index in [-0.39, 0.29) is 5.91 Å². The fraction of sp³-hybridized carbons (Fsp3) is 0.278. The molecule has 0 radical (unpaired) electrons. The normalized spacial score (nSPS) is 10.8. The van der Waals surface area contributed by atoms with E-state index in [4.69, 9.17) is 0 Å². The van der Waals surface area contributed by atoms with E-state index in [9.17, 15) is 4.79 Å². The van der Waals surface area contributed by atoms with Crippen LogP contribution in [0.25, 0.3) is 10.7 Å². The van der Waals surface area contributed by atoms with Crippen LogP contribution in [0.2, 0.25) is 0 Å². The molecule has 0 saturated heterocycles. The lowest BCUT2D eigenvalue weighted by atomic mass is 10.2. The zero-order chi connectivity index (χ0) is 17.6. The molecule has 1 aromatic carbocycles. The Labute approximate surface area is 155 Å². The van der Waals surface area contributed by atoms with Crippen LogP contribution in [-0.2, 0) is 11.3 Å². The molecular formula is C18H20N4OS2. The van der Waals surface area contributed by atoms with Crippen molar-refractivity contribution in [3.63, 3.8) is 0 Å². The van der Waals surface area contributed by atoms with Crippen molar-refractivity contribution >= 4 is 34.7 Å². The Kier molecular flexibility index (Phi) is 5.88. The lowest BCUT2D eigenvalue weighted by molar-refractivity contribution is -0.113. The van der Waals surface area contributed by atoms with Crippen molar-refractivity contribution in [2.24, 2.45) is 0 Å². The van der Waals surface area contributed by atoms with Crippen LogP contribution in [0.15, 0.2) is 46.9 Å². The van der Waals surface area contributed by atoms with Gasteiger partial charge in [-0.3, -0.25) is 4.79 Å². The van der Waals surface area contributed by atoms with Crippen LogP contribution in [0.3, 0.4) is 0 Å². The zero-order valence-corrected chi connectivity index (χ0v) is 15.9. The number of nitrogens with one attached hydrogen (secondary N) is 1. The zero-order valence-electron chi connectivity index (χ0n) is 14.2. The molecule has 2 heterocycles. The highest BCUT2D eigenvalue weighted by molar-refractivity contribution is 7.99. The monoisotopic (exact) mass is 372 g/mol. The number of aryl methyl sites for hydroxylation is 1. The van der Waals surface area contributed by atoms with Gasteiger partial charge in [0.05, 0.1) is 10.6 Å². The second kappa shape index (κ2) is 8.31. The number of aromatic nitrogens is 3. The van der Waals surface area contributed by atoms with Crippen molar-refractivity contribution in [1.29, 1.82) is 0 Å². The number of carbonyl (C=O) groups is 1. The molecule has 130 valence electrons. The van der Waals surface area contributed by atoms with Gasteiger partial charge < -0.3 is 9.88 Å². The average Bonchev–Trinajstić information content (AvgIpc) is 3.25. The number of carbonyl (C=O) groups excluding carboxylic acids is 1. The Bertz CT molecular complexity index is 825. The number of nitrogens with zero attached hydrogens (tertiary/aromatic N) is 3. The molecule has 25 heavy (non-hydrogen) atoms. The third-order valence-corrected chi connectivity index (χ3v) is 5.41. The average molecular weight is 373 g/mol. The summed E-state index contributed by atoms with van der Waals surface area (Å²) in [6.07, 6.45) is 0.986. The van der Waals surface area contributed by atoms with Crippen LogP contribution < -0.4 is 5.32 Å². The van der Waals surface area contributed by atoms with Crippen molar-refractivity contribution in [3.05, 3.63) is 47.3 Å². The summed E-state index contributed by atoms with van der Waals surface area (Å²) in [5.74, 6) is 1.14. The van der Waals surface area contributed by atoms with Crippen LogP contribution >= 0.6 is 23.1 Å². The number of benzene rings is 1. The van der Waals surface area contributed by atoms with Gasteiger partial charge in [0.2, 0.25) is 5.91 Å². The summed E-state index contributed by atoms with van der Waals surface area (Å²) in [7, 11) is 0. The summed E-state index contributed by atoms with van der Waals surface area (Å²) in [5.41, 5.74) is 1.98. The van der Waals surface area contributed by atoms with Crippen molar-refractivity contribution < 1.29 is 4.79 Å². The van der Waals surface area contributed by atoms with E-state index in [0.717, 1.165) is 34.5 Å². The Hall–Kier alpha value is -2.12. The fourth-order valence-electron chi connectivity index (χ4n) is 2.37. The van der Waals surface area contributed by atoms with Crippen LogP contribution in [0, 0.1) is 6.92 Å². The van der Waals surface area contributed by atoms with Gasteiger partial charge in [0.25, 0.3) is 0 Å². The van der Waals surface area contributed by atoms with Crippen LogP contribution in [0.5, 0.6) is 0 Å². The molecule has 0 atom stereocenters. The Morgan fingerprint density at radius 2 is 2.04 bits per heavy atom. The molecule has 1 amide bonds. The molecule has 0 aliphatic carbocycles. The van der Waals surface area contributed by atoms with E-state index in [2.05, 4.69) is 27.0 Å². The van der Waals surface area contributed by atoms with Crippen LogP contribution in [0.4, 0.5) is 5.69 Å². The van der Waals surface area contributed by atoms with Gasteiger partial charge in [0.15, 0.2) is 11.0 Å². The number of thioether (sulfide) groups is 1. The molecule has 0 spiro atoms. The van der Waals surface area contributed by atoms with Crippen molar-refractivity contribution in [2.45, 2.75) is 32.0 Å². The molecular weight excluding hydrogens is 352 g/mol. The fourth-order valence-corrected chi connectivity index (χ4v) is 3.85. The molecule has 0 bridgehead atoms. The molecule has 0 aliphatic heterocycles. The highest BCUT2D eigenvalue weighted by Crippen LogP contribution is 2.27. The highest BCUT2D eigenvalue weighted by atomic mass is 32.2. The summed E-state index contributed by atoms with van der Waals surface area (Å²) >= 11 is 3.06. The second-order valence-corrected chi connectivity index (χ2v) is 7.53.